The fourth-order valence-electron chi connectivity index (χ4n) is 1.71. The van der Waals surface area contributed by atoms with Crippen LogP contribution >= 0.6 is 0 Å². The number of benzene rings is 1. The average Bonchev–Trinajstić information content (AvgIpc) is 2.84. The smallest absolute Gasteiger partial charge is 0.228 e. The maximum Gasteiger partial charge on any atom is 0.228 e. The molecule has 1 aromatic carbocycles. The van der Waals surface area contributed by atoms with Crippen LogP contribution in [-0.2, 0) is 4.79 Å². The van der Waals surface area contributed by atoms with Crippen molar-refractivity contribution in [2.45, 2.75) is 13.3 Å². The third-order valence-electron chi connectivity index (χ3n) is 2.79. The van der Waals surface area contributed by atoms with Crippen LogP contribution in [0.15, 0.2) is 40.9 Å². The molecule has 0 aliphatic carbocycles. The van der Waals surface area contributed by atoms with Crippen molar-refractivity contribution in [3.8, 4) is 0 Å². The molecule has 2 aromatic rings. The predicted molar refractivity (Wildman–Crippen MR) is 74.2 cm³/mol. The van der Waals surface area contributed by atoms with E-state index in [-0.39, 0.29) is 5.91 Å². The molecule has 0 aliphatic rings. The van der Waals surface area contributed by atoms with Crippen LogP contribution in [0.25, 0.3) is 0 Å². The fourth-order valence-corrected chi connectivity index (χ4v) is 1.71. The van der Waals surface area contributed by atoms with Crippen molar-refractivity contribution in [1.82, 2.24) is 5.16 Å². The van der Waals surface area contributed by atoms with E-state index in [1.807, 2.05) is 37.3 Å². The molecule has 2 rings (SSSR count). The van der Waals surface area contributed by atoms with Gasteiger partial charge in [-0.15, -0.1) is 0 Å². The van der Waals surface area contributed by atoms with E-state index in [1.165, 1.54) is 0 Å². The highest BCUT2D eigenvalue weighted by Crippen LogP contribution is 2.12. The SMILES string of the molecule is Cc1cc(NCCC(=O)N(C)c2ccccc2)no1. The second-order valence-electron chi connectivity index (χ2n) is 4.29. The summed E-state index contributed by atoms with van der Waals surface area (Å²) in [6, 6.07) is 11.4. The van der Waals surface area contributed by atoms with Crippen LogP contribution in [0.4, 0.5) is 11.5 Å². The number of para-hydroxylation sites is 1. The van der Waals surface area contributed by atoms with E-state index < -0.39 is 0 Å². The van der Waals surface area contributed by atoms with Crippen molar-refractivity contribution in [3.63, 3.8) is 0 Å². The van der Waals surface area contributed by atoms with Gasteiger partial charge in [-0.25, -0.2) is 0 Å². The van der Waals surface area contributed by atoms with Gasteiger partial charge in [-0.1, -0.05) is 23.4 Å². The van der Waals surface area contributed by atoms with E-state index >= 15 is 0 Å². The minimum Gasteiger partial charge on any atom is -0.367 e. The zero-order valence-corrected chi connectivity index (χ0v) is 11.1. The van der Waals surface area contributed by atoms with Crippen molar-refractivity contribution in [1.29, 1.82) is 0 Å². The topological polar surface area (TPSA) is 58.4 Å². The maximum absolute atomic E-state index is 12.0. The van der Waals surface area contributed by atoms with E-state index in [4.69, 9.17) is 4.52 Å². The van der Waals surface area contributed by atoms with Crippen LogP contribution in [0.5, 0.6) is 0 Å². The quantitative estimate of drug-likeness (QED) is 0.896. The van der Waals surface area contributed by atoms with Gasteiger partial charge in [0.05, 0.1) is 0 Å². The molecular formula is C14H17N3O2. The molecule has 0 bridgehead atoms. The highest BCUT2D eigenvalue weighted by Gasteiger charge is 2.10. The molecule has 1 N–H and O–H groups in total. The molecule has 5 heteroatoms. The molecule has 0 aliphatic heterocycles. The van der Waals surface area contributed by atoms with Crippen LogP contribution in [0.2, 0.25) is 0 Å². The summed E-state index contributed by atoms with van der Waals surface area (Å²) in [5, 5.41) is 6.85. The molecule has 1 aromatic heterocycles. The first-order chi connectivity index (χ1) is 9.16. The first-order valence-corrected chi connectivity index (χ1v) is 6.15. The second-order valence-corrected chi connectivity index (χ2v) is 4.29. The van der Waals surface area contributed by atoms with Crippen LogP contribution in [0, 0.1) is 6.92 Å². The van der Waals surface area contributed by atoms with Gasteiger partial charge in [-0.2, -0.15) is 0 Å². The molecule has 5 nitrogen and oxygen atoms in total. The van der Waals surface area contributed by atoms with Crippen LogP contribution < -0.4 is 10.2 Å². The molecular weight excluding hydrogens is 242 g/mol. The number of aromatic nitrogens is 1. The number of anilines is 2. The lowest BCUT2D eigenvalue weighted by molar-refractivity contribution is -0.118. The Kier molecular flexibility index (Phi) is 4.18. The summed E-state index contributed by atoms with van der Waals surface area (Å²) in [7, 11) is 1.78. The summed E-state index contributed by atoms with van der Waals surface area (Å²) >= 11 is 0. The van der Waals surface area contributed by atoms with Crippen LogP contribution in [-0.4, -0.2) is 24.7 Å². The minimum atomic E-state index is 0.0546. The van der Waals surface area contributed by atoms with E-state index in [0.717, 1.165) is 11.4 Å². The Balaban J connectivity index is 1.81. The molecule has 19 heavy (non-hydrogen) atoms. The number of carbonyl (C=O) groups is 1. The molecule has 0 unspecified atom stereocenters. The number of nitrogens with one attached hydrogen (secondary N) is 1. The third-order valence-corrected chi connectivity index (χ3v) is 2.79. The van der Waals surface area contributed by atoms with E-state index in [1.54, 1.807) is 18.0 Å². The van der Waals surface area contributed by atoms with Crippen molar-refractivity contribution in [3.05, 3.63) is 42.2 Å². The molecule has 100 valence electrons. The van der Waals surface area contributed by atoms with Crippen molar-refractivity contribution < 1.29 is 9.32 Å². The van der Waals surface area contributed by atoms with Crippen LogP contribution in [0.1, 0.15) is 12.2 Å². The Hall–Kier alpha value is -2.30. The standard InChI is InChI=1S/C14H17N3O2/c1-11-10-13(16-19-11)15-9-8-14(18)17(2)12-6-4-3-5-7-12/h3-7,10H,8-9H2,1-2H3,(H,15,16). The van der Waals surface area contributed by atoms with E-state index in [2.05, 4.69) is 10.5 Å². The Morgan fingerprint density at radius 1 is 1.37 bits per heavy atom. The summed E-state index contributed by atoms with van der Waals surface area (Å²) in [4.78, 5) is 13.6. The fraction of sp³-hybridized carbons (Fsp3) is 0.286. The van der Waals surface area contributed by atoms with Gasteiger partial charge in [0.1, 0.15) is 5.76 Å². The third kappa shape index (κ3) is 3.58. The van der Waals surface area contributed by atoms with Crippen molar-refractivity contribution in [2.24, 2.45) is 0 Å². The summed E-state index contributed by atoms with van der Waals surface area (Å²) < 4.78 is 4.93. The van der Waals surface area contributed by atoms with Crippen molar-refractivity contribution in [2.75, 3.05) is 23.8 Å². The Bertz CT molecular complexity index is 537. The zero-order valence-electron chi connectivity index (χ0n) is 11.1. The first-order valence-electron chi connectivity index (χ1n) is 6.15. The number of rotatable bonds is 5. The molecule has 0 saturated carbocycles. The Labute approximate surface area is 112 Å². The predicted octanol–water partition coefficient (Wildman–Crippen LogP) is 2.45. The summed E-state index contributed by atoms with van der Waals surface area (Å²) in [5.41, 5.74) is 0.893. The van der Waals surface area contributed by atoms with Gasteiger partial charge in [0, 0.05) is 31.8 Å². The number of hydrogen-bond acceptors (Lipinski definition) is 4. The van der Waals surface area contributed by atoms with E-state index in [9.17, 15) is 4.79 Å². The number of aryl methyl sites for hydroxylation is 1. The van der Waals surface area contributed by atoms with Gasteiger partial charge in [-0.3, -0.25) is 4.79 Å². The lowest BCUT2D eigenvalue weighted by atomic mass is 10.2. The zero-order chi connectivity index (χ0) is 13.7. The molecule has 0 spiro atoms. The highest BCUT2D eigenvalue weighted by atomic mass is 16.5. The summed E-state index contributed by atoms with van der Waals surface area (Å²) in [5.74, 6) is 1.46. The molecule has 0 atom stereocenters. The van der Waals surface area contributed by atoms with Crippen molar-refractivity contribution >= 4 is 17.4 Å². The van der Waals surface area contributed by atoms with Gasteiger partial charge in [0.25, 0.3) is 0 Å². The largest absolute Gasteiger partial charge is 0.367 e. The molecule has 0 saturated heterocycles. The van der Waals surface area contributed by atoms with Gasteiger partial charge < -0.3 is 14.7 Å². The number of amides is 1. The molecule has 0 radical (unpaired) electrons. The summed E-state index contributed by atoms with van der Waals surface area (Å²) in [6.07, 6.45) is 0.400. The maximum atomic E-state index is 12.0. The highest BCUT2D eigenvalue weighted by molar-refractivity contribution is 5.92. The lowest BCUT2D eigenvalue weighted by Gasteiger charge is -2.17. The molecule has 1 amide bonds. The normalized spacial score (nSPS) is 10.2. The first kappa shape index (κ1) is 13.1. The Morgan fingerprint density at radius 3 is 2.74 bits per heavy atom. The molecule has 0 fully saturated rings. The second kappa shape index (κ2) is 6.04. The van der Waals surface area contributed by atoms with Gasteiger partial charge in [0.2, 0.25) is 5.91 Å². The average molecular weight is 259 g/mol. The minimum absolute atomic E-state index is 0.0546. The number of hydrogen-bond donors (Lipinski definition) is 1. The Morgan fingerprint density at radius 2 is 2.11 bits per heavy atom. The van der Waals surface area contributed by atoms with Crippen LogP contribution in [0.3, 0.4) is 0 Å². The number of carbonyl (C=O) groups excluding carboxylic acids is 1. The summed E-state index contributed by atoms with van der Waals surface area (Å²) in [6.45, 7) is 2.36. The monoisotopic (exact) mass is 259 g/mol. The van der Waals surface area contributed by atoms with Gasteiger partial charge in [-0.05, 0) is 19.1 Å². The van der Waals surface area contributed by atoms with Gasteiger partial charge in [0.15, 0.2) is 5.82 Å². The van der Waals surface area contributed by atoms with E-state index in [0.29, 0.717) is 18.8 Å². The van der Waals surface area contributed by atoms with Gasteiger partial charge >= 0.3 is 0 Å². The lowest BCUT2D eigenvalue weighted by Crippen LogP contribution is -2.27. The molecule has 1 heterocycles. The number of nitrogens with zero attached hydrogens (tertiary/aromatic N) is 2.